The number of carbonyl (C=O) groups is 3. The van der Waals surface area contributed by atoms with Gasteiger partial charge in [-0.3, -0.25) is 9.59 Å². The SMILES string of the molecule is NC(=O)CC[C@H](NC(=O)CCOCC(F)F)C(=O)O. The zero-order chi connectivity index (χ0) is 14.8. The maximum atomic E-state index is 11.7. The molecule has 0 rings (SSSR count). The van der Waals surface area contributed by atoms with Gasteiger partial charge in [0.25, 0.3) is 6.43 Å². The van der Waals surface area contributed by atoms with Gasteiger partial charge in [0.05, 0.1) is 6.61 Å². The van der Waals surface area contributed by atoms with Gasteiger partial charge < -0.3 is 20.9 Å². The Labute approximate surface area is 108 Å². The highest BCUT2D eigenvalue weighted by Gasteiger charge is 2.20. The highest BCUT2D eigenvalue weighted by Crippen LogP contribution is 1.99. The molecule has 19 heavy (non-hydrogen) atoms. The van der Waals surface area contributed by atoms with Gasteiger partial charge >= 0.3 is 5.97 Å². The average Bonchev–Trinajstić information content (AvgIpc) is 2.29. The number of hydrogen-bond acceptors (Lipinski definition) is 4. The van der Waals surface area contributed by atoms with Crippen LogP contribution in [0.15, 0.2) is 0 Å². The normalized spacial score (nSPS) is 12.2. The molecule has 0 bridgehead atoms. The summed E-state index contributed by atoms with van der Waals surface area (Å²) in [4.78, 5) is 32.6. The molecule has 0 aliphatic heterocycles. The maximum Gasteiger partial charge on any atom is 0.326 e. The number of nitrogens with one attached hydrogen (secondary N) is 1. The third kappa shape index (κ3) is 9.89. The van der Waals surface area contributed by atoms with Crippen molar-refractivity contribution in [1.29, 1.82) is 0 Å². The summed E-state index contributed by atoms with van der Waals surface area (Å²) in [7, 11) is 0. The molecule has 0 aliphatic carbocycles. The molecule has 110 valence electrons. The molecule has 7 nitrogen and oxygen atoms in total. The summed E-state index contributed by atoms with van der Waals surface area (Å²) in [6, 6.07) is -1.24. The zero-order valence-electron chi connectivity index (χ0n) is 10.1. The Balaban J connectivity index is 3.96. The van der Waals surface area contributed by atoms with Crippen LogP contribution in [0.25, 0.3) is 0 Å². The highest BCUT2D eigenvalue weighted by molar-refractivity contribution is 5.84. The molecule has 0 radical (unpaired) electrons. The van der Waals surface area contributed by atoms with Crippen molar-refractivity contribution in [1.82, 2.24) is 5.32 Å². The largest absolute Gasteiger partial charge is 0.480 e. The van der Waals surface area contributed by atoms with Gasteiger partial charge in [-0.1, -0.05) is 0 Å². The van der Waals surface area contributed by atoms with Crippen LogP contribution in [0.2, 0.25) is 0 Å². The number of carboxylic acid groups (broad SMARTS) is 1. The van der Waals surface area contributed by atoms with Gasteiger partial charge in [-0.2, -0.15) is 0 Å². The van der Waals surface area contributed by atoms with Gasteiger partial charge in [0.1, 0.15) is 12.6 Å². The average molecular weight is 282 g/mol. The minimum atomic E-state index is -2.62. The van der Waals surface area contributed by atoms with Crippen molar-refractivity contribution in [3.05, 3.63) is 0 Å². The van der Waals surface area contributed by atoms with E-state index in [0.717, 1.165) is 0 Å². The monoisotopic (exact) mass is 282 g/mol. The minimum absolute atomic E-state index is 0.131. The van der Waals surface area contributed by atoms with Gasteiger partial charge in [-0.25, -0.2) is 13.6 Å². The van der Waals surface area contributed by atoms with Gasteiger partial charge in [-0.15, -0.1) is 0 Å². The number of hydrogen-bond donors (Lipinski definition) is 3. The van der Waals surface area contributed by atoms with Crippen LogP contribution in [0.5, 0.6) is 0 Å². The fraction of sp³-hybridized carbons (Fsp3) is 0.700. The molecular formula is C10H16F2N2O5. The second kappa shape index (κ2) is 9.20. The Morgan fingerprint density at radius 1 is 1.26 bits per heavy atom. The first-order valence-electron chi connectivity index (χ1n) is 5.49. The van der Waals surface area contributed by atoms with E-state index in [0.29, 0.717) is 0 Å². The summed E-state index contributed by atoms with van der Waals surface area (Å²) >= 11 is 0. The van der Waals surface area contributed by atoms with Crippen molar-refractivity contribution in [3.63, 3.8) is 0 Å². The Morgan fingerprint density at radius 3 is 2.37 bits per heavy atom. The molecule has 1 atom stereocenters. The van der Waals surface area contributed by atoms with Crippen molar-refractivity contribution >= 4 is 17.8 Å². The van der Waals surface area contributed by atoms with Gasteiger partial charge in [0, 0.05) is 12.8 Å². The molecule has 9 heteroatoms. The van der Waals surface area contributed by atoms with E-state index < -0.39 is 36.9 Å². The van der Waals surface area contributed by atoms with E-state index in [-0.39, 0.29) is 25.9 Å². The van der Waals surface area contributed by atoms with E-state index in [2.05, 4.69) is 10.1 Å². The van der Waals surface area contributed by atoms with Crippen LogP contribution in [-0.4, -0.2) is 48.6 Å². The quantitative estimate of drug-likeness (QED) is 0.466. The Morgan fingerprint density at radius 2 is 1.89 bits per heavy atom. The fourth-order valence-corrected chi connectivity index (χ4v) is 1.15. The van der Waals surface area contributed by atoms with Crippen molar-refractivity contribution in [2.45, 2.75) is 31.7 Å². The molecule has 0 aromatic carbocycles. The number of carboxylic acids is 1. The van der Waals surface area contributed by atoms with Gasteiger partial charge in [0.2, 0.25) is 11.8 Å². The molecule has 0 heterocycles. The minimum Gasteiger partial charge on any atom is -0.480 e. The van der Waals surface area contributed by atoms with Crippen LogP contribution in [0, 0.1) is 0 Å². The number of carbonyl (C=O) groups excluding carboxylic acids is 2. The Bertz CT molecular complexity index is 325. The number of aliphatic carboxylic acids is 1. The summed E-state index contributed by atoms with van der Waals surface area (Å²) in [5, 5.41) is 10.9. The number of amides is 2. The lowest BCUT2D eigenvalue weighted by molar-refractivity contribution is -0.142. The van der Waals surface area contributed by atoms with E-state index in [1.165, 1.54) is 0 Å². The standard InChI is InChI=1S/C10H16F2N2O5/c11-7(12)5-19-4-3-9(16)14-6(10(17)18)1-2-8(13)15/h6-7H,1-5H2,(H2,13,15)(H,14,16)(H,17,18)/t6-/m0/s1. The van der Waals surface area contributed by atoms with Crippen LogP contribution < -0.4 is 11.1 Å². The first-order chi connectivity index (χ1) is 8.82. The maximum absolute atomic E-state index is 11.7. The second-order valence-electron chi connectivity index (χ2n) is 3.68. The molecule has 0 aliphatic rings. The topological polar surface area (TPSA) is 119 Å². The number of ether oxygens (including phenoxy) is 1. The molecular weight excluding hydrogens is 266 g/mol. The molecule has 4 N–H and O–H groups in total. The first kappa shape index (κ1) is 17.2. The molecule has 2 amide bonds. The van der Waals surface area contributed by atoms with Crippen LogP contribution in [0.4, 0.5) is 8.78 Å². The van der Waals surface area contributed by atoms with Crippen molar-refractivity contribution in [3.8, 4) is 0 Å². The highest BCUT2D eigenvalue weighted by atomic mass is 19.3. The number of primary amides is 1. The summed E-state index contributed by atoms with van der Waals surface area (Å²) in [5.41, 5.74) is 4.86. The number of rotatable bonds is 10. The van der Waals surface area contributed by atoms with Crippen LogP contribution in [0.3, 0.4) is 0 Å². The number of alkyl halides is 2. The Hall–Kier alpha value is -1.77. The number of nitrogens with two attached hydrogens (primary N) is 1. The van der Waals surface area contributed by atoms with Gasteiger partial charge in [-0.05, 0) is 6.42 Å². The van der Waals surface area contributed by atoms with E-state index in [1.54, 1.807) is 0 Å². The lowest BCUT2D eigenvalue weighted by Gasteiger charge is -2.13. The second-order valence-corrected chi connectivity index (χ2v) is 3.68. The summed E-state index contributed by atoms with van der Waals surface area (Å²) in [6.07, 6.45) is -3.18. The molecule has 0 saturated heterocycles. The van der Waals surface area contributed by atoms with E-state index >= 15 is 0 Å². The fourth-order valence-electron chi connectivity index (χ4n) is 1.15. The van der Waals surface area contributed by atoms with E-state index in [9.17, 15) is 23.2 Å². The molecule has 0 aromatic rings. The first-order valence-corrected chi connectivity index (χ1v) is 5.49. The predicted octanol–water partition coefficient (Wildman–Crippen LogP) is -0.507. The van der Waals surface area contributed by atoms with Crippen LogP contribution in [-0.2, 0) is 19.1 Å². The zero-order valence-corrected chi connectivity index (χ0v) is 10.1. The summed E-state index contributed by atoms with van der Waals surface area (Å²) in [5.74, 6) is -2.64. The van der Waals surface area contributed by atoms with Crippen molar-refractivity contribution in [2.75, 3.05) is 13.2 Å². The Kier molecular flexibility index (Phi) is 8.34. The molecule has 0 aromatic heterocycles. The molecule has 0 fully saturated rings. The molecule has 0 unspecified atom stereocenters. The predicted molar refractivity (Wildman–Crippen MR) is 59.4 cm³/mol. The summed E-state index contributed by atoms with van der Waals surface area (Å²) < 4.78 is 27.9. The smallest absolute Gasteiger partial charge is 0.326 e. The van der Waals surface area contributed by atoms with Crippen molar-refractivity contribution in [2.24, 2.45) is 5.73 Å². The lowest BCUT2D eigenvalue weighted by atomic mass is 10.1. The lowest BCUT2D eigenvalue weighted by Crippen LogP contribution is -2.41. The number of halogens is 2. The van der Waals surface area contributed by atoms with Gasteiger partial charge in [0.15, 0.2) is 0 Å². The molecule has 0 saturated carbocycles. The third-order valence-electron chi connectivity index (χ3n) is 2.03. The third-order valence-corrected chi connectivity index (χ3v) is 2.03. The van der Waals surface area contributed by atoms with Crippen LogP contribution in [0.1, 0.15) is 19.3 Å². The van der Waals surface area contributed by atoms with E-state index in [1.807, 2.05) is 0 Å². The molecule has 0 spiro atoms. The van der Waals surface area contributed by atoms with Crippen molar-refractivity contribution < 1.29 is 33.0 Å². The summed E-state index contributed by atoms with van der Waals surface area (Å²) in [6.45, 7) is -1.02. The van der Waals surface area contributed by atoms with Crippen LogP contribution >= 0.6 is 0 Å². The van der Waals surface area contributed by atoms with E-state index in [4.69, 9.17) is 10.8 Å².